The Kier molecular flexibility index (Phi) is 5.55. The molecule has 1 aliphatic rings. The summed E-state index contributed by atoms with van der Waals surface area (Å²) in [7, 11) is 4.31. The third kappa shape index (κ3) is 3.79. The number of hydrogen-bond acceptors (Lipinski definition) is 6. The molecular formula is C23H26O6. The zero-order chi connectivity index (χ0) is 21.3. The molecule has 2 atom stereocenters. The van der Waals surface area contributed by atoms with Crippen LogP contribution in [0.15, 0.2) is 36.4 Å². The third-order valence-electron chi connectivity index (χ3n) is 5.23. The molecule has 6 nitrogen and oxygen atoms in total. The lowest BCUT2D eigenvalue weighted by Gasteiger charge is -2.32. The molecule has 6 heteroatoms. The van der Waals surface area contributed by atoms with Crippen molar-refractivity contribution in [3.05, 3.63) is 53.1 Å². The first kappa shape index (κ1) is 20.7. The second-order valence-corrected chi connectivity index (χ2v) is 8.01. The van der Waals surface area contributed by atoms with Gasteiger partial charge >= 0.3 is 11.9 Å². The quantitative estimate of drug-likeness (QED) is 0.443. The van der Waals surface area contributed by atoms with E-state index in [-0.39, 0.29) is 5.41 Å². The number of benzene rings is 2. The van der Waals surface area contributed by atoms with Gasteiger partial charge in [0, 0.05) is 23.6 Å². The fourth-order valence-corrected chi connectivity index (χ4v) is 3.64. The minimum Gasteiger partial charge on any atom is -0.496 e. The summed E-state index contributed by atoms with van der Waals surface area (Å²) in [4.78, 5) is 25.3. The van der Waals surface area contributed by atoms with Gasteiger partial charge in [0.05, 0.1) is 21.3 Å². The molecule has 0 radical (unpaired) electrons. The number of ether oxygens (including phenoxy) is 4. The highest BCUT2D eigenvalue weighted by molar-refractivity contribution is 5.99. The average molecular weight is 398 g/mol. The van der Waals surface area contributed by atoms with Gasteiger partial charge < -0.3 is 18.9 Å². The van der Waals surface area contributed by atoms with Gasteiger partial charge in [0.15, 0.2) is 5.92 Å². The summed E-state index contributed by atoms with van der Waals surface area (Å²) >= 11 is 0. The molecule has 1 heterocycles. The maximum atomic E-state index is 12.8. The molecule has 0 unspecified atom stereocenters. The fraction of sp³-hybridized carbons (Fsp3) is 0.391. The molecule has 1 aliphatic heterocycles. The predicted octanol–water partition coefficient (Wildman–Crippen LogP) is 3.84. The number of fused-ring (bicyclic) bond motifs is 1. The zero-order valence-corrected chi connectivity index (χ0v) is 17.6. The second kappa shape index (κ2) is 7.78. The molecule has 154 valence electrons. The molecule has 0 saturated carbocycles. The highest BCUT2D eigenvalue weighted by Gasteiger charge is 2.46. The average Bonchev–Trinajstić information content (AvgIpc) is 2.70. The van der Waals surface area contributed by atoms with Crippen molar-refractivity contribution >= 4 is 11.9 Å². The van der Waals surface area contributed by atoms with Crippen LogP contribution in [0.5, 0.6) is 17.2 Å². The lowest BCUT2D eigenvalue weighted by atomic mass is 9.77. The first-order valence-corrected chi connectivity index (χ1v) is 9.37. The van der Waals surface area contributed by atoms with Crippen LogP contribution in [-0.4, -0.2) is 33.3 Å². The smallest absolute Gasteiger partial charge is 0.326 e. The van der Waals surface area contributed by atoms with Crippen molar-refractivity contribution in [1.82, 2.24) is 0 Å². The van der Waals surface area contributed by atoms with Crippen LogP contribution in [0.4, 0.5) is 0 Å². The Morgan fingerprint density at radius 1 is 1.00 bits per heavy atom. The van der Waals surface area contributed by atoms with Gasteiger partial charge in [0.25, 0.3) is 0 Å². The minimum atomic E-state index is -1.13. The molecule has 0 bridgehead atoms. The van der Waals surface area contributed by atoms with Crippen LogP contribution in [0.1, 0.15) is 43.4 Å². The van der Waals surface area contributed by atoms with E-state index in [1.165, 1.54) is 21.3 Å². The van der Waals surface area contributed by atoms with Crippen LogP contribution in [0.2, 0.25) is 0 Å². The molecule has 0 aromatic heterocycles. The van der Waals surface area contributed by atoms with E-state index < -0.39 is 23.8 Å². The number of carbonyl (C=O) groups is 2. The molecule has 3 rings (SSSR count). The molecular weight excluding hydrogens is 372 g/mol. The van der Waals surface area contributed by atoms with E-state index in [0.29, 0.717) is 22.8 Å². The maximum Gasteiger partial charge on any atom is 0.326 e. The lowest BCUT2D eigenvalue weighted by molar-refractivity contribution is -0.157. The van der Waals surface area contributed by atoms with Gasteiger partial charge in [-0.1, -0.05) is 45.0 Å². The number of methoxy groups -OCH3 is 3. The van der Waals surface area contributed by atoms with Gasteiger partial charge in [-0.25, -0.2) is 0 Å². The zero-order valence-electron chi connectivity index (χ0n) is 17.6. The largest absolute Gasteiger partial charge is 0.496 e. The summed E-state index contributed by atoms with van der Waals surface area (Å²) in [6.07, 6.45) is 0. The molecule has 2 aromatic rings. The molecule has 0 saturated heterocycles. The van der Waals surface area contributed by atoms with Crippen molar-refractivity contribution in [2.24, 2.45) is 5.92 Å². The third-order valence-corrected chi connectivity index (χ3v) is 5.23. The topological polar surface area (TPSA) is 71.1 Å². The Labute approximate surface area is 170 Å². The van der Waals surface area contributed by atoms with Gasteiger partial charge in [0.2, 0.25) is 0 Å². The van der Waals surface area contributed by atoms with Crippen LogP contribution in [0, 0.1) is 5.92 Å². The van der Waals surface area contributed by atoms with Crippen molar-refractivity contribution in [1.29, 1.82) is 0 Å². The number of rotatable bonds is 4. The number of carbonyl (C=O) groups excluding carboxylic acids is 2. The van der Waals surface area contributed by atoms with Gasteiger partial charge in [-0.3, -0.25) is 9.59 Å². The van der Waals surface area contributed by atoms with Crippen molar-refractivity contribution < 1.29 is 28.5 Å². The highest BCUT2D eigenvalue weighted by Crippen LogP contribution is 2.49. The van der Waals surface area contributed by atoms with Crippen molar-refractivity contribution in [3.8, 4) is 17.2 Å². The van der Waals surface area contributed by atoms with E-state index >= 15 is 0 Å². The normalized spacial score (nSPS) is 18.5. The molecule has 0 amide bonds. The minimum absolute atomic E-state index is 0.0191. The lowest BCUT2D eigenvalue weighted by Crippen LogP contribution is -2.38. The summed E-state index contributed by atoms with van der Waals surface area (Å²) in [5.41, 5.74) is 2.55. The first-order chi connectivity index (χ1) is 13.7. The van der Waals surface area contributed by atoms with E-state index in [1.54, 1.807) is 12.1 Å². The summed E-state index contributed by atoms with van der Waals surface area (Å²) < 4.78 is 21.2. The summed E-state index contributed by atoms with van der Waals surface area (Å²) in [6, 6.07) is 11.2. The van der Waals surface area contributed by atoms with Gasteiger partial charge in [-0.2, -0.15) is 0 Å². The molecule has 2 aromatic carbocycles. The van der Waals surface area contributed by atoms with Crippen LogP contribution >= 0.6 is 0 Å². The van der Waals surface area contributed by atoms with Gasteiger partial charge in [-0.15, -0.1) is 0 Å². The Balaban J connectivity index is 2.22. The molecule has 29 heavy (non-hydrogen) atoms. The predicted molar refractivity (Wildman–Crippen MR) is 108 cm³/mol. The van der Waals surface area contributed by atoms with E-state index in [2.05, 4.69) is 20.8 Å². The van der Waals surface area contributed by atoms with E-state index in [1.807, 2.05) is 24.3 Å². The van der Waals surface area contributed by atoms with E-state index in [4.69, 9.17) is 18.9 Å². The van der Waals surface area contributed by atoms with Gasteiger partial charge in [-0.05, 0) is 16.5 Å². The first-order valence-electron chi connectivity index (χ1n) is 9.37. The molecule has 0 spiro atoms. The van der Waals surface area contributed by atoms with Gasteiger partial charge in [0.1, 0.15) is 17.2 Å². The van der Waals surface area contributed by atoms with Crippen molar-refractivity contribution in [2.75, 3.05) is 21.3 Å². The maximum absolute atomic E-state index is 12.8. The standard InChI is InChI=1S/C23H26O6/c1-23(2,3)14-9-7-13(8-10-14)18-19-16(27-5)11-15(26-4)12-17(19)29-22(25)20(18)21(24)28-6/h7-12,18,20H,1-6H3/t18-,20-/m1/s1. The van der Waals surface area contributed by atoms with E-state index in [9.17, 15) is 9.59 Å². The summed E-state index contributed by atoms with van der Waals surface area (Å²) in [5, 5.41) is 0. The number of hydrogen-bond donors (Lipinski definition) is 0. The Bertz CT molecular complexity index is 924. The fourth-order valence-electron chi connectivity index (χ4n) is 3.64. The monoisotopic (exact) mass is 398 g/mol. The second-order valence-electron chi connectivity index (χ2n) is 8.01. The molecule has 0 N–H and O–H groups in total. The summed E-state index contributed by atoms with van der Waals surface area (Å²) in [5.74, 6) is -1.76. The van der Waals surface area contributed by atoms with Crippen molar-refractivity contribution in [3.63, 3.8) is 0 Å². The van der Waals surface area contributed by atoms with E-state index in [0.717, 1.165) is 11.1 Å². The van der Waals surface area contributed by atoms with Crippen LogP contribution in [0.3, 0.4) is 0 Å². The van der Waals surface area contributed by atoms with Crippen LogP contribution < -0.4 is 14.2 Å². The highest BCUT2D eigenvalue weighted by atomic mass is 16.6. The summed E-state index contributed by atoms with van der Waals surface area (Å²) in [6.45, 7) is 6.38. The van der Waals surface area contributed by atoms with Crippen LogP contribution in [-0.2, 0) is 19.7 Å². The van der Waals surface area contributed by atoms with Crippen molar-refractivity contribution in [2.45, 2.75) is 32.1 Å². The Morgan fingerprint density at radius 2 is 1.66 bits per heavy atom. The molecule has 0 fully saturated rings. The van der Waals surface area contributed by atoms with Crippen LogP contribution in [0.25, 0.3) is 0 Å². The number of esters is 2. The Morgan fingerprint density at radius 3 is 2.17 bits per heavy atom. The SMILES string of the molecule is COC(=O)[C@@H]1C(=O)Oc2cc(OC)cc(OC)c2[C@H]1c1ccc(C(C)(C)C)cc1. The molecule has 0 aliphatic carbocycles. The Hall–Kier alpha value is -3.02.